The minimum absolute atomic E-state index is 0.0727. The molecular formula is C18H19N7OS. The van der Waals surface area contributed by atoms with Gasteiger partial charge in [0.1, 0.15) is 16.5 Å². The molecule has 3 aromatic rings. The van der Waals surface area contributed by atoms with E-state index < -0.39 is 0 Å². The van der Waals surface area contributed by atoms with Gasteiger partial charge in [0.25, 0.3) is 0 Å². The number of aromatic nitrogens is 4. The zero-order chi connectivity index (χ0) is 18.5. The molecule has 27 heavy (non-hydrogen) atoms. The second-order valence-corrected chi connectivity index (χ2v) is 8.36. The minimum atomic E-state index is -0.0727. The zero-order valence-electron chi connectivity index (χ0n) is 15.1. The number of rotatable bonds is 2. The second-order valence-electron chi connectivity index (χ2n) is 7.18. The Bertz CT molecular complexity index is 1030. The SMILES string of the molecule is Cc1nnc(-c2cc3cc(NC(=O)N4C[C@@H]5C[C@H]4CN5C)ncc3cn2)s1. The summed E-state index contributed by atoms with van der Waals surface area (Å²) in [6, 6.07) is 4.55. The van der Waals surface area contributed by atoms with Crippen LogP contribution in [0.3, 0.4) is 0 Å². The van der Waals surface area contributed by atoms with E-state index in [1.54, 1.807) is 12.4 Å². The lowest BCUT2D eigenvalue weighted by Gasteiger charge is -2.31. The highest BCUT2D eigenvalue weighted by atomic mass is 32.1. The Morgan fingerprint density at radius 2 is 2.00 bits per heavy atom. The molecule has 2 atom stereocenters. The Balaban J connectivity index is 1.38. The minimum Gasteiger partial charge on any atom is -0.319 e. The topological polar surface area (TPSA) is 87.1 Å². The Hall–Kier alpha value is -2.65. The Kier molecular flexibility index (Phi) is 3.80. The number of likely N-dealkylation sites (tertiary alicyclic amines) is 2. The number of nitrogens with one attached hydrogen (secondary N) is 1. The van der Waals surface area contributed by atoms with Gasteiger partial charge >= 0.3 is 6.03 Å². The molecule has 2 aliphatic rings. The van der Waals surface area contributed by atoms with Gasteiger partial charge in [0.05, 0.1) is 0 Å². The average Bonchev–Trinajstić information content (AvgIpc) is 3.36. The van der Waals surface area contributed by atoms with Gasteiger partial charge in [0.2, 0.25) is 0 Å². The number of fused-ring (bicyclic) bond motifs is 3. The third-order valence-electron chi connectivity index (χ3n) is 5.36. The summed E-state index contributed by atoms with van der Waals surface area (Å²) >= 11 is 1.51. The molecule has 2 bridgehead atoms. The van der Waals surface area contributed by atoms with Crippen molar-refractivity contribution in [2.45, 2.75) is 25.4 Å². The molecule has 2 aliphatic heterocycles. The summed E-state index contributed by atoms with van der Waals surface area (Å²) in [6.45, 7) is 3.65. The first kappa shape index (κ1) is 16.5. The van der Waals surface area contributed by atoms with Gasteiger partial charge in [-0.2, -0.15) is 0 Å². The van der Waals surface area contributed by atoms with Crippen molar-refractivity contribution in [1.29, 1.82) is 0 Å². The van der Waals surface area contributed by atoms with Crippen molar-refractivity contribution in [2.75, 3.05) is 25.5 Å². The van der Waals surface area contributed by atoms with Gasteiger partial charge in [0, 0.05) is 43.0 Å². The summed E-state index contributed by atoms with van der Waals surface area (Å²) < 4.78 is 0. The van der Waals surface area contributed by atoms with E-state index in [1.807, 2.05) is 24.0 Å². The summed E-state index contributed by atoms with van der Waals surface area (Å²) in [5.74, 6) is 0.550. The Morgan fingerprint density at radius 1 is 1.15 bits per heavy atom. The molecule has 1 N–H and O–H groups in total. The number of aryl methyl sites for hydroxylation is 1. The number of likely N-dealkylation sites (N-methyl/N-ethyl adjacent to an activating group) is 1. The molecule has 0 radical (unpaired) electrons. The fraction of sp³-hybridized carbons (Fsp3) is 0.389. The van der Waals surface area contributed by atoms with Crippen molar-refractivity contribution < 1.29 is 4.79 Å². The van der Waals surface area contributed by atoms with Crippen LogP contribution < -0.4 is 5.32 Å². The van der Waals surface area contributed by atoms with E-state index in [2.05, 4.69) is 37.4 Å². The van der Waals surface area contributed by atoms with Crippen molar-refractivity contribution in [1.82, 2.24) is 30.0 Å². The van der Waals surface area contributed by atoms with E-state index in [4.69, 9.17) is 0 Å². The molecule has 0 spiro atoms. The highest BCUT2D eigenvalue weighted by Gasteiger charge is 2.43. The van der Waals surface area contributed by atoms with E-state index in [0.717, 1.165) is 46.0 Å². The first-order chi connectivity index (χ1) is 13.1. The van der Waals surface area contributed by atoms with Gasteiger partial charge in [-0.1, -0.05) is 11.3 Å². The molecule has 0 unspecified atom stereocenters. The van der Waals surface area contributed by atoms with Crippen molar-refractivity contribution in [3.63, 3.8) is 0 Å². The first-order valence-electron chi connectivity index (χ1n) is 8.91. The highest BCUT2D eigenvalue weighted by molar-refractivity contribution is 7.14. The quantitative estimate of drug-likeness (QED) is 0.733. The molecular weight excluding hydrogens is 362 g/mol. The van der Waals surface area contributed by atoms with Gasteiger partial charge < -0.3 is 4.90 Å². The Labute approximate surface area is 160 Å². The monoisotopic (exact) mass is 381 g/mol. The third kappa shape index (κ3) is 2.92. The second kappa shape index (κ2) is 6.21. The predicted octanol–water partition coefficient (Wildman–Crippen LogP) is 2.38. The normalized spacial score (nSPS) is 21.9. The van der Waals surface area contributed by atoms with Crippen molar-refractivity contribution in [3.8, 4) is 10.7 Å². The molecule has 8 nitrogen and oxygen atoms in total. The lowest BCUT2D eigenvalue weighted by Crippen LogP contribution is -2.48. The van der Waals surface area contributed by atoms with Crippen LogP contribution in [0.1, 0.15) is 11.4 Å². The van der Waals surface area contributed by atoms with E-state index in [-0.39, 0.29) is 6.03 Å². The standard InChI is InChI=1S/C18H19N7OS/c1-10-22-23-17(27-10)15-3-11-4-16(20-7-12(11)6-19-15)21-18(26)25-9-13-5-14(25)8-24(13)2/h3-4,6-7,13-14H,5,8-9H2,1-2H3,(H,20,21,26)/t13-,14-/m0/s1. The summed E-state index contributed by atoms with van der Waals surface area (Å²) in [4.78, 5) is 25.7. The smallest absolute Gasteiger partial charge is 0.319 e. The summed E-state index contributed by atoms with van der Waals surface area (Å²) in [7, 11) is 2.12. The predicted molar refractivity (Wildman–Crippen MR) is 104 cm³/mol. The van der Waals surface area contributed by atoms with Crippen LogP contribution in [0.2, 0.25) is 0 Å². The molecule has 2 saturated heterocycles. The van der Waals surface area contributed by atoms with Crippen molar-refractivity contribution in [2.24, 2.45) is 0 Å². The van der Waals surface area contributed by atoms with E-state index in [0.29, 0.717) is 17.9 Å². The number of piperazine rings is 1. The van der Waals surface area contributed by atoms with Gasteiger partial charge in [-0.3, -0.25) is 15.2 Å². The number of amides is 2. The van der Waals surface area contributed by atoms with Gasteiger partial charge in [-0.05, 0) is 37.9 Å². The molecule has 5 rings (SSSR count). The fourth-order valence-corrected chi connectivity index (χ4v) is 4.58. The Morgan fingerprint density at radius 3 is 2.70 bits per heavy atom. The zero-order valence-corrected chi connectivity index (χ0v) is 15.9. The lowest BCUT2D eigenvalue weighted by atomic mass is 10.2. The van der Waals surface area contributed by atoms with Crippen LogP contribution in [-0.4, -0.2) is 68.2 Å². The molecule has 9 heteroatoms. The van der Waals surface area contributed by atoms with Crippen LogP contribution >= 0.6 is 11.3 Å². The maximum atomic E-state index is 12.7. The number of hydrogen-bond acceptors (Lipinski definition) is 7. The number of anilines is 1. The van der Waals surface area contributed by atoms with Crippen molar-refractivity contribution in [3.05, 3.63) is 29.5 Å². The van der Waals surface area contributed by atoms with Crippen LogP contribution in [-0.2, 0) is 0 Å². The van der Waals surface area contributed by atoms with Crippen LogP contribution in [0.25, 0.3) is 21.5 Å². The lowest BCUT2D eigenvalue weighted by molar-refractivity contribution is 0.161. The third-order valence-corrected chi connectivity index (χ3v) is 6.22. The molecule has 2 fully saturated rings. The summed E-state index contributed by atoms with van der Waals surface area (Å²) in [5, 5.41) is 14.7. The number of pyridine rings is 2. The van der Waals surface area contributed by atoms with Gasteiger partial charge in [0.15, 0.2) is 5.01 Å². The summed E-state index contributed by atoms with van der Waals surface area (Å²) in [5.41, 5.74) is 0.775. The number of carbonyl (C=O) groups is 1. The molecule has 0 saturated carbocycles. The van der Waals surface area contributed by atoms with E-state index in [9.17, 15) is 4.79 Å². The highest BCUT2D eigenvalue weighted by Crippen LogP contribution is 2.30. The van der Waals surface area contributed by atoms with Crippen molar-refractivity contribution >= 4 is 34.0 Å². The first-order valence-corrected chi connectivity index (χ1v) is 9.72. The summed E-state index contributed by atoms with van der Waals surface area (Å²) in [6.07, 6.45) is 4.57. The molecule has 2 amide bonds. The fourth-order valence-electron chi connectivity index (χ4n) is 3.92. The number of hydrogen-bond donors (Lipinski definition) is 1. The van der Waals surface area contributed by atoms with Gasteiger partial charge in [-0.15, -0.1) is 10.2 Å². The van der Waals surface area contributed by atoms with E-state index >= 15 is 0 Å². The number of nitrogens with zero attached hydrogens (tertiary/aromatic N) is 6. The van der Waals surface area contributed by atoms with Crippen LogP contribution in [0.4, 0.5) is 10.6 Å². The average molecular weight is 381 g/mol. The molecule has 3 aromatic heterocycles. The van der Waals surface area contributed by atoms with Crippen LogP contribution in [0, 0.1) is 6.92 Å². The van der Waals surface area contributed by atoms with Gasteiger partial charge in [-0.25, -0.2) is 9.78 Å². The molecule has 5 heterocycles. The molecule has 0 aromatic carbocycles. The van der Waals surface area contributed by atoms with Crippen LogP contribution in [0.15, 0.2) is 24.5 Å². The van der Waals surface area contributed by atoms with Crippen LogP contribution in [0.5, 0.6) is 0 Å². The largest absolute Gasteiger partial charge is 0.323 e. The molecule has 138 valence electrons. The molecule has 0 aliphatic carbocycles. The maximum absolute atomic E-state index is 12.7. The van der Waals surface area contributed by atoms with E-state index in [1.165, 1.54) is 11.3 Å². The number of carbonyl (C=O) groups excluding carboxylic acids is 1. The number of urea groups is 1. The maximum Gasteiger partial charge on any atom is 0.323 e.